The Morgan fingerprint density at radius 1 is 1.47 bits per heavy atom. The Balaban J connectivity index is 2.05. The monoisotopic (exact) mass is 237 g/mol. The van der Waals surface area contributed by atoms with Gasteiger partial charge in [0.25, 0.3) is 0 Å². The summed E-state index contributed by atoms with van der Waals surface area (Å²) in [6.45, 7) is 2.46. The lowest BCUT2D eigenvalue weighted by Crippen LogP contribution is -2.42. The van der Waals surface area contributed by atoms with Gasteiger partial charge in [0.2, 0.25) is 0 Å². The van der Waals surface area contributed by atoms with Crippen molar-refractivity contribution in [2.45, 2.75) is 12.0 Å². The molecule has 1 aromatic carbocycles. The topological polar surface area (TPSA) is 50.7 Å². The summed E-state index contributed by atoms with van der Waals surface area (Å²) in [6, 6.07) is 7.66. The molecular formula is C13H19NO3. The number of para-hydroxylation sites is 1. The first kappa shape index (κ1) is 12.4. The molecule has 0 fully saturated rings. The highest BCUT2D eigenvalue weighted by molar-refractivity contribution is 5.39. The van der Waals surface area contributed by atoms with E-state index in [-0.39, 0.29) is 0 Å². The Morgan fingerprint density at radius 2 is 2.29 bits per heavy atom. The number of nitrogens with one attached hydrogen (secondary N) is 1. The lowest BCUT2D eigenvalue weighted by Gasteiger charge is -2.34. The molecule has 0 spiro atoms. The summed E-state index contributed by atoms with van der Waals surface area (Å²) in [5, 5.41) is 13.8. The van der Waals surface area contributed by atoms with Crippen molar-refractivity contribution in [2.75, 3.05) is 33.4 Å². The van der Waals surface area contributed by atoms with E-state index in [0.717, 1.165) is 17.9 Å². The molecule has 2 N–H and O–H groups in total. The molecule has 2 rings (SSSR count). The fraction of sp³-hybridized carbons (Fsp3) is 0.538. The highest BCUT2D eigenvalue weighted by Gasteiger charge is 2.34. The van der Waals surface area contributed by atoms with Crippen molar-refractivity contribution >= 4 is 0 Å². The van der Waals surface area contributed by atoms with Gasteiger partial charge in [0.05, 0.1) is 13.2 Å². The third-order valence-corrected chi connectivity index (χ3v) is 3.06. The van der Waals surface area contributed by atoms with Crippen LogP contribution in [0.25, 0.3) is 0 Å². The molecule has 1 heterocycles. The number of hydrogen-bond acceptors (Lipinski definition) is 4. The maximum Gasteiger partial charge on any atom is 0.125 e. The second-order valence-electron chi connectivity index (χ2n) is 4.30. The second-order valence-corrected chi connectivity index (χ2v) is 4.30. The normalized spacial score (nSPS) is 22.9. The minimum Gasteiger partial charge on any atom is -0.493 e. The lowest BCUT2D eigenvalue weighted by atomic mass is 9.88. The van der Waals surface area contributed by atoms with Gasteiger partial charge in [-0.1, -0.05) is 18.2 Å². The van der Waals surface area contributed by atoms with E-state index in [1.807, 2.05) is 24.3 Å². The van der Waals surface area contributed by atoms with E-state index in [1.54, 1.807) is 7.11 Å². The van der Waals surface area contributed by atoms with Gasteiger partial charge in [0, 0.05) is 32.2 Å². The Morgan fingerprint density at radius 3 is 3.12 bits per heavy atom. The van der Waals surface area contributed by atoms with E-state index in [2.05, 4.69) is 5.32 Å². The van der Waals surface area contributed by atoms with Crippen LogP contribution in [-0.2, 0) is 10.3 Å². The number of fused-ring (bicyclic) bond motifs is 1. The molecule has 1 unspecified atom stereocenters. The zero-order chi connectivity index (χ0) is 12.1. The van der Waals surface area contributed by atoms with E-state index in [1.165, 1.54) is 0 Å². The Hall–Kier alpha value is -1.10. The Bertz CT molecular complexity index is 369. The van der Waals surface area contributed by atoms with Crippen LogP contribution in [0.4, 0.5) is 0 Å². The van der Waals surface area contributed by atoms with Gasteiger partial charge in [0.15, 0.2) is 0 Å². The number of rotatable bonds is 5. The summed E-state index contributed by atoms with van der Waals surface area (Å²) in [6.07, 6.45) is 0.615. The van der Waals surface area contributed by atoms with Crippen molar-refractivity contribution in [1.29, 1.82) is 0 Å². The van der Waals surface area contributed by atoms with E-state index < -0.39 is 5.60 Å². The van der Waals surface area contributed by atoms with Crippen molar-refractivity contribution in [3.8, 4) is 5.75 Å². The first-order chi connectivity index (χ1) is 8.26. The molecule has 17 heavy (non-hydrogen) atoms. The predicted octanol–water partition coefficient (Wildman–Crippen LogP) is 0.893. The van der Waals surface area contributed by atoms with Crippen LogP contribution in [0, 0.1) is 0 Å². The van der Waals surface area contributed by atoms with Crippen LogP contribution in [0.5, 0.6) is 5.75 Å². The molecule has 0 amide bonds. The van der Waals surface area contributed by atoms with Gasteiger partial charge in [-0.15, -0.1) is 0 Å². The van der Waals surface area contributed by atoms with Crippen LogP contribution in [0.15, 0.2) is 24.3 Å². The standard InChI is InChI=1S/C13H19NO3/c1-16-9-7-14-10-13(15)6-8-17-12-5-3-2-4-11(12)13/h2-5,14-15H,6-10H2,1H3. The summed E-state index contributed by atoms with van der Waals surface area (Å²) in [5.74, 6) is 0.787. The van der Waals surface area contributed by atoms with Gasteiger partial charge in [-0.3, -0.25) is 0 Å². The third kappa shape index (κ3) is 2.77. The molecule has 4 nitrogen and oxygen atoms in total. The molecule has 1 atom stereocenters. The summed E-state index contributed by atoms with van der Waals surface area (Å²) >= 11 is 0. The largest absolute Gasteiger partial charge is 0.493 e. The first-order valence-electron chi connectivity index (χ1n) is 5.90. The first-order valence-corrected chi connectivity index (χ1v) is 5.90. The number of methoxy groups -OCH3 is 1. The van der Waals surface area contributed by atoms with Crippen molar-refractivity contribution in [3.63, 3.8) is 0 Å². The number of benzene rings is 1. The van der Waals surface area contributed by atoms with Crippen molar-refractivity contribution in [3.05, 3.63) is 29.8 Å². The molecule has 1 aliphatic rings. The fourth-order valence-electron chi connectivity index (χ4n) is 2.09. The fourth-order valence-corrected chi connectivity index (χ4v) is 2.09. The quantitative estimate of drug-likeness (QED) is 0.747. The van der Waals surface area contributed by atoms with Gasteiger partial charge in [0.1, 0.15) is 11.4 Å². The lowest BCUT2D eigenvalue weighted by molar-refractivity contribution is -0.00297. The molecule has 1 aliphatic heterocycles. The van der Waals surface area contributed by atoms with Gasteiger partial charge in [-0.2, -0.15) is 0 Å². The molecule has 0 saturated heterocycles. The minimum atomic E-state index is -0.831. The molecule has 0 aliphatic carbocycles. The van der Waals surface area contributed by atoms with Crippen LogP contribution in [0.1, 0.15) is 12.0 Å². The molecule has 0 saturated carbocycles. The van der Waals surface area contributed by atoms with E-state index >= 15 is 0 Å². The maximum absolute atomic E-state index is 10.6. The Kier molecular flexibility index (Phi) is 3.99. The van der Waals surface area contributed by atoms with Crippen LogP contribution in [0.2, 0.25) is 0 Å². The average molecular weight is 237 g/mol. The summed E-state index contributed by atoms with van der Waals surface area (Å²) in [4.78, 5) is 0. The predicted molar refractivity (Wildman–Crippen MR) is 65.2 cm³/mol. The third-order valence-electron chi connectivity index (χ3n) is 3.06. The zero-order valence-electron chi connectivity index (χ0n) is 10.1. The SMILES string of the molecule is COCCNCC1(O)CCOc2ccccc21. The highest BCUT2D eigenvalue weighted by atomic mass is 16.5. The van der Waals surface area contributed by atoms with Gasteiger partial charge < -0.3 is 19.9 Å². The van der Waals surface area contributed by atoms with E-state index in [0.29, 0.717) is 26.2 Å². The summed E-state index contributed by atoms with van der Waals surface area (Å²) in [5.41, 5.74) is 0.0407. The molecule has 4 heteroatoms. The van der Waals surface area contributed by atoms with Crippen LogP contribution < -0.4 is 10.1 Å². The van der Waals surface area contributed by atoms with Crippen molar-refractivity contribution < 1.29 is 14.6 Å². The van der Waals surface area contributed by atoms with Gasteiger partial charge >= 0.3 is 0 Å². The zero-order valence-corrected chi connectivity index (χ0v) is 10.1. The number of hydrogen-bond donors (Lipinski definition) is 2. The minimum absolute atomic E-state index is 0.525. The molecule has 0 radical (unpaired) electrons. The molecule has 0 bridgehead atoms. The average Bonchev–Trinajstić information content (AvgIpc) is 2.36. The van der Waals surface area contributed by atoms with Crippen LogP contribution >= 0.6 is 0 Å². The number of ether oxygens (including phenoxy) is 2. The van der Waals surface area contributed by atoms with E-state index in [4.69, 9.17) is 9.47 Å². The summed E-state index contributed by atoms with van der Waals surface area (Å²) in [7, 11) is 1.67. The molecule has 1 aromatic rings. The van der Waals surface area contributed by atoms with Crippen molar-refractivity contribution in [2.24, 2.45) is 0 Å². The molecular weight excluding hydrogens is 218 g/mol. The molecule has 0 aromatic heterocycles. The smallest absolute Gasteiger partial charge is 0.125 e. The van der Waals surface area contributed by atoms with Crippen molar-refractivity contribution in [1.82, 2.24) is 5.32 Å². The van der Waals surface area contributed by atoms with E-state index in [9.17, 15) is 5.11 Å². The van der Waals surface area contributed by atoms with Gasteiger partial charge in [-0.05, 0) is 6.07 Å². The van der Waals surface area contributed by atoms with Gasteiger partial charge in [-0.25, -0.2) is 0 Å². The highest BCUT2D eigenvalue weighted by Crippen LogP contribution is 2.36. The maximum atomic E-state index is 10.6. The Labute approximate surface area is 102 Å². The molecule has 94 valence electrons. The second kappa shape index (κ2) is 5.49. The summed E-state index contributed by atoms with van der Waals surface area (Å²) < 4.78 is 10.5. The van der Waals surface area contributed by atoms with Crippen LogP contribution in [-0.4, -0.2) is 38.5 Å². The number of aliphatic hydroxyl groups is 1. The van der Waals surface area contributed by atoms with Crippen LogP contribution in [0.3, 0.4) is 0 Å².